The fourth-order valence-corrected chi connectivity index (χ4v) is 3.25. The average molecular weight is 330 g/mol. The molecule has 0 saturated carbocycles. The molecule has 1 saturated heterocycles. The monoisotopic (exact) mass is 330 g/mol. The number of rotatable bonds is 4. The van der Waals surface area contributed by atoms with E-state index >= 15 is 0 Å². The molecule has 0 bridgehead atoms. The van der Waals surface area contributed by atoms with Gasteiger partial charge in [-0.2, -0.15) is 4.98 Å². The molecule has 0 radical (unpaired) electrons. The minimum atomic E-state index is -0.772. The molecule has 6 heteroatoms. The van der Waals surface area contributed by atoms with E-state index in [4.69, 9.17) is 10.2 Å². The van der Waals surface area contributed by atoms with Crippen LogP contribution in [-0.2, 0) is 4.79 Å². The first-order chi connectivity index (χ1) is 11.4. The van der Waals surface area contributed by atoms with Crippen LogP contribution in [0.2, 0.25) is 0 Å². The van der Waals surface area contributed by atoms with Crippen LogP contribution in [0.15, 0.2) is 22.6 Å². The zero-order valence-corrected chi connectivity index (χ0v) is 14.7. The molecule has 3 rings (SSSR count). The van der Waals surface area contributed by atoms with E-state index in [0.717, 1.165) is 23.1 Å². The number of hydrogen-bond donors (Lipinski definition) is 1. The van der Waals surface area contributed by atoms with Crippen molar-refractivity contribution < 1.29 is 9.21 Å². The average Bonchev–Trinajstić information content (AvgIpc) is 2.97. The fraction of sp³-hybridized carbons (Fsp3) is 0.556. The van der Waals surface area contributed by atoms with Crippen molar-refractivity contribution in [2.24, 2.45) is 5.73 Å². The Hall–Kier alpha value is -2.08. The molecule has 2 aromatic rings. The molecule has 1 unspecified atom stereocenters. The highest BCUT2D eigenvalue weighted by molar-refractivity contribution is 5.86. The summed E-state index contributed by atoms with van der Waals surface area (Å²) in [7, 11) is 0. The summed E-state index contributed by atoms with van der Waals surface area (Å²) in [6, 6.07) is 6.62. The van der Waals surface area contributed by atoms with Crippen LogP contribution in [0.3, 0.4) is 0 Å². The Morgan fingerprint density at radius 3 is 2.71 bits per heavy atom. The molecule has 130 valence electrons. The molecule has 2 heterocycles. The maximum absolute atomic E-state index is 12.6. The number of aryl methyl sites for hydroxylation is 1. The number of nitrogens with two attached hydrogens (primary N) is 1. The third-order valence-electron chi connectivity index (χ3n) is 4.63. The maximum Gasteiger partial charge on any atom is 0.298 e. The quantitative estimate of drug-likeness (QED) is 0.931. The highest BCUT2D eigenvalue weighted by atomic mass is 16.4. The number of carbonyl (C=O) groups is 1. The summed E-state index contributed by atoms with van der Waals surface area (Å²) in [6.45, 7) is 8.62. The minimum Gasteiger partial charge on any atom is -0.423 e. The van der Waals surface area contributed by atoms with Crippen LogP contribution in [0.4, 0.5) is 6.01 Å². The fourth-order valence-electron chi connectivity index (χ4n) is 3.25. The van der Waals surface area contributed by atoms with Crippen LogP contribution in [0.25, 0.3) is 11.1 Å². The van der Waals surface area contributed by atoms with E-state index in [9.17, 15) is 4.79 Å². The Balaban J connectivity index is 1.67. The van der Waals surface area contributed by atoms with Gasteiger partial charge in [0, 0.05) is 26.2 Å². The van der Waals surface area contributed by atoms with E-state index in [2.05, 4.69) is 9.88 Å². The predicted octanol–water partition coefficient (Wildman–Crippen LogP) is 2.30. The SMILES string of the molecule is CCCC(C)(N)C(=O)N1CCN(c2nc3cc(C)ccc3o2)CC1. The molecule has 1 aromatic carbocycles. The summed E-state index contributed by atoms with van der Waals surface area (Å²) in [5.41, 5.74) is 8.24. The number of fused-ring (bicyclic) bond motifs is 1. The summed E-state index contributed by atoms with van der Waals surface area (Å²) < 4.78 is 5.85. The Kier molecular flexibility index (Phi) is 4.49. The topological polar surface area (TPSA) is 75.6 Å². The summed E-state index contributed by atoms with van der Waals surface area (Å²) in [4.78, 5) is 21.1. The first-order valence-corrected chi connectivity index (χ1v) is 8.61. The second kappa shape index (κ2) is 6.43. The van der Waals surface area contributed by atoms with E-state index in [0.29, 0.717) is 38.6 Å². The molecule has 0 aliphatic carbocycles. The summed E-state index contributed by atoms with van der Waals surface area (Å²) in [5.74, 6) is 0.0391. The molecule has 1 fully saturated rings. The Morgan fingerprint density at radius 1 is 1.33 bits per heavy atom. The minimum absolute atomic E-state index is 0.0391. The van der Waals surface area contributed by atoms with Gasteiger partial charge >= 0.3 is 0 Å². The third-order valence-corrected chi connectivity index (χ3v) is 4.63. The Morgan fingerprint density at radius 2 is 2.04 bits per heavy atom. The summed E-state index contributed by atoms with van der Waals surface area (Å²) >= 11 is 0. The van der Waals surface area contributed by atoms with Gasteiger partial charge in [-0.05, 0) is 38.0 Å². The number of amides is 1. The van der Waals surface area contributed by atoms with E-state index < -0.39 is 5.54 Å². The third kappa shape index (κ3) is 3.24. The smallest absolute Gasteiger partial charge is 0.298 e. The molecular formula is C18H26N4O2. The standard InChI is InChI=1S/C18H26N4O2/c1-4-7-18(3,19)16(23)21-8-10-22(11-9-21)17-20-14-12-13(2)5-6-15(14)24-17/h5-6,12H,4,7-11,19H2,1-3H3. The molecular weight excluding hydrogens is 304 g/mol. The highest BCUT2D eigenvalue weighted by Gasteiger charge is 2.34. The van der Waals surface area contributed by atoms with Crippen molar-refractivity contribution in [1.82, 2.24) is 9.88 Å². The molecule has 2 N–H and O–H groups in total. The number of aromatic nitrogens is 1. The largest absolute Gasteiger partial charge is 0.423 e. The van der Waals surface area contributed by atoms with Gasteiger partial charge in [0.15, 0.2) is 5.58 Å². The van der Waals surface area contributed by atoms with Crippen molar-refractivity contribution in [3.63, 3.8) is 0 Å². The van der Waals surface area contributed by atoms with Gasteiger partial charge in [0.25, 0.3) is 6.01 Å². The number of oxazole rings is 1. The van der Waals surface area contributed by atoms with Crippen molar-refractivity contribution in [3.8, 4) is 0 Å². The van der Waals surface area contributed by atoms with Gasteiger partial charge < -0.3 is 20.0 Å². The van der Waals surface area contributed by atoms with E-state index in [1.54, 1.807) is 0 Å². The van der Waals surface area contributed by atoms with Crippen LogP contribution < -0.4 is 10.6 Å². The van der Waals surface area contributed by atoms with Gasteiger partial charge in [0.2, 0.25) is 5.91 Å². The number of anilines is 1. The van der Waals surface area contributed by atoms with Crippen LogP contribution in [0, 0.1) is 6.92 Å². The molecule has 24 heavy (non-hydrogen) atoms. The molecule has 1 amide bonds. The van der Waals surface area contributed by atoms with Crippen molar-refractivity contribution in [2.45, 2.75) is 39.2 Å². The van der Waals surface area contributed by atoms with Gasteiger partial charge in [0.1, 0.15) is 5.52 Å². The normalized spacial score (nSPS) is 18.0. The Bertz CT molecular complexity index is 730. The van der Waals surface area contributed by atoms with Gasteiger partial charge in [-0.3, -0.25) is 4.79 Å². The lowest BCUT2D eigenvalue weighted by Gasteiger charge is -2.37. The highest BCUT2D eigenvalue weighted by Crippen LogP contribution is 2.24. The lowest BCUT2D eigenvalue weighted by molar-refractivity contribution is -0.137. The zero-order chi connectivity index (χ0) is 17.3. The summed E-state index contributed by atoms with van der Waals surface area (Å²) in [5, 5.41) is 0. The van der Waals surface area contributed by atoms with Gasteiger partial charge in [-0.15, -0.1) is 0 Å². The lowest BCUT2D eigenvalue weighted by Crippen LogP contribution is -2.58. The number of benzene rings is 1. The van der Waals surface area contributed by atoms with Gasteiger partial charge in [-0.25, -0.2) is 0 Å². The van der Waals surface area contributed by atoms with E-state index in [1.807, 2.05) is 43.9 Å². The van der Waals surface area contributed by atoms with Gasteiger partial charge in [-0.1, -0.05) is 19.4 Å². The van der Waals surface area contributed by atoms with Gasteiger partial charge in [0.05, 0.1) is 5.54 Å². The molecule has 6 nitrogen and oxygen atoms in total. The molecule has 1 atom stereocenters. The van der Waals surface area contributed by atoms with Crippen LogP contribution in [-0.4, -0.2) is 47.5 Å². The van der Waals surface area contributed by atoms with Crippen LogP contribution in [0.1, 0.15) is 32.3 Å². The first kappa shape index (κ1) is 16.8. The van der Waals surface area contributed by atoms with Crippen LogP contribution in [0.5, 0.6) is 0 Å². The molecule has 0 spiro atoms. The number of nitrogens with zero attached hydrogens (tertiary/aromatic N) is 3. The number of hydrogen-bond acceptors (Lipinski definition) is 5. The van der Waals surface area contributed by atoms with E-state index in [-0.39, 0.29) is 5.91 Å². The first-order valence-electron chi connectivity index (χ1n) is 8.61. The van der Waals surface area contributed by atoms with Crippen LogP contribution >= 0.6 is 0 Å². The van der Waals surface area contributed by atoms with Crippen molar-refractivity contribution in [2.75, 3.05) is 31.1 Å². The van der Waals surface area contributed by atoms with E-state index in [1.165, 1.54) is 0 Å². The number of piperazine rings is 1. The second-order valence-electron chi connectivity index (χ2n) is 6.91. The predicted molar refractivity (Wildman–Crippen MR) is 95.0 cm³/mol. The summed E-state index contributed by atoms with van der Waals surface area (Å²) in [6.07, 6.45) is 1.61. The Labute approximate surface area is 142 Å². The number of carbonyl (C=O) groups excluding carboxylic acids is 1. The van der Waals surface area contributed by atoms with Crippen molar-refractivity contribution in [1.29, 1.82) is 0 Å². The molecule has 1 aromatic heterocycles. The lowest BCUT2D eigenvalue weighted by atomic mass is 9.95. The molecule has 1 aliphatic rings. The zero-order valence-electron chi connectivity index (χ0n) is 14.7. The second-order valence-corrected chi connectivity index (χ2v) is 6.91. The van der Waals surface area contributed by atoms with Crippen molar-refractivity contribution >= 4 is 23.0 Å². The van der Waals surface area contributed by atoms with Crippen molar-refractivity contribution in [3.05, 3.63) is 23.8 Å². The molecule has 1 aliphatic heterocycles. The maximum atomic E-state index is 12.6.